The number of aromatic nitrogens is 2. The molecule has 1 N–H and O–H groups in total. The van der Waals surface area contributed by atoms with E-state index in [0.29, 0.717) is 23.1 Å². The van der Waals surface area contributed by atoms with Crippen LogP contribution in [0.2, 0.25) is 10.0 Å². The zero-order valence-electron chi connectivity index (χ0n) is 14.6. The topological polar surface area (TPSA) is 75.5 Å². The molecule has 1 aliphatic carbocycles. The SMILES string of the molecule is COc1ncc(-c2cc(Cl)c(Cl)c3c2C2=C(CCN(C(=O)CO)C2)C3)cn1. The second kappa shape index (κ2) is 7.11. The van der Waals surface area contributed by atoms with Crippen LogP contribution in [0.3, 0.4) is 0 Å². The lowest BCUT2D eigenvalue weighted by Crippen LogP contribution is -2.37. The summed E-state index contributed by atoms with van der Waals surface area (Å²) < 4.78 is 5.03. The monoisotopic (exact) mass is 405 g/mol. The first-order valence-corrected chi connectivity index (χ1v) is 9.26. The molecule has 1 aromatic heterocycles. The van der Waals surface area contributed by atoms with Gasteiger partial charge < -0.3 is 14.7 Å². The number of nitrogens with zero attached hydrogens (tertiary/aromatic N) is 3. The van der Waals surface area contributed by atoms with Crippen LogP contribution >= 0.6 is 23.2 Å². The molecule has 0 saturated carbocycles. The number of ether oxygens (including phenoxy) is 1. The summed E-state index contributed by atoms with van der Waals surface area (Å²) in [5, 5.41) is 10.2. The molecule has 1 aliphatic heterocycles. The minimum atomic E-state index is -0.490. The average Bonchev–Trinajstić information content (AvgIpc) is 3.09. The third-order valence-corrected chi connectivity index (χ3v) is 5.90. The first-order chi connectivity index (χ1) is 13.0. The molecule has 2 aromatic rings. The van der Waals surface area contributed by atoms with Crippen molar-refractivity contribution in [1.29, 1.82) is 0 Å². The third-order valence-electron chi connectivity index (χ3n) is 5.08. The van der Waals surface area contributed by atoms with E-state index >= 15 is 0 Å². The first kappa shape index (κ1) is 18.2. The van der Waals surface area contributed by atoms with E-state index in [0.717, 1.165) is 40.7 Å². The van der Waals surface area contributed by atoms with Crippen LogP contribution in [0.15, 0.2) is 24.0 Å². The number of aliphatic hydroxyl groups is 1. The highest BCUT2D eigenvalue weighted by molar-refractivity contribution is 6.43. The summed E-state index contributed by atoms with van der Waals surface area (Å²) in [5.41, 5.74) is 5.96. The lowest BCUT2D eigenvalue weighted by atomic mass is 9.93. The molecule has 27 heavy (non-hydrogen) atoms. The average molecular weight is 406 g/mol. The van der Waals surface area contributed by atoms with Gasteiger partial charge in [0.05, 0.1) is 17.2 Å². The van der Waals surface area contributed by atoms with Crippen molar-refractivity contribution in [2.45, 2.75) is 12.8 Å². The van der Waals surface area contributed by atoms with Crippen LogP contribution in [0.1, 0.15) is 17.5 Å². The van der Waals surface area contributed by atoms with Crippen molar-refractivity contribution in [1.82, 2.24) is 14.9 Å². The Kier molecular flexibility index (Phi) is 4.80. The molecule has 140 valence electrons. The van der Waals surface area contributed by atoms with Gasteiger partial charge in [-0.3, -0.25) is 4.79 Å². The van der Waals surface area contributed by atoms with Crippen LogP contribution in [-0.4, -0.2) is 52.7 Å². The Hall–Kier alpha value is -2.15. The predicted molar refractivity (Wildman–Crippen MR) is 103 cm³/mol. The van der Waals surface area contributed by atoms with E-state index in [2.05, 4.69) is 9.97 Å². The van der Waals surface area contributed by atoms with Gasteiger partial charge in [0.2, 0.25) is 5.91 Å². The summed E-state index contributed by atoms with van der Waals surface area (Å²) in [7, 11) is 1.51. The molecular formula is C19H17Cl2N3O3. The molecule has 8 heteroatoms. The van der Waals surface area contributed by atoms with Gasteiger partial charge in [0, 0.05) is 31.0 Å². The van der Waals surface area contributed by atoms with Gasteiger partial charge in [-0.15, -0.1) is 0 Å². The Morgan fingerprint density at radius 1 is 1.33 bits per heavy atom. The maximum absolute atomic E-state index is 12.0. The Morgan fingerprint density at radius 3 is 2.74 bits per heavy atom. The van der Waals surface area contributed by atoms with Gasteiger partial charge in [-0.2, -0.15) is 0 Å². The van der Waals surface area contributed by atoms with Gasteiger partial charge in [0.1, 0.15) is 6.61 Å². The standard InChI is InChI=1S/C19H17Cl2N3O3/c1-27-19-22-6-11(7-23-19)12-5-15(20)18(21)13-4-10-2-3-24(16(26)9-25)8-14(10)17(12)13/h5-7,25H,2-4,8-9H2,1H3. The number of hydrogen-bond acceptors (Lipinski definition) is 5. The Morgan fingerprint density at radius 2 is 2.07 bits per heavy atom. The molecule has 0 bridgehead atoms. The number of fused-ring (bicyclic) bond motifs is 2. The summed E-state index contributed by atoms with van der Waals surface area (Å²) >= 11 is 12.9. The van der Waals surface area contributed by atoms with Crippen LogP contribution in [-0.2, 0) is 11.2 Å². The molecule has 4 rings (SSSR count). The largest absolute Gasteiger partial charge is 0.467 e. The second-order valence-corrected chi connectivity index (χ2v) is 7.30. The Balaban J connectivity index is 1.84. The molecule has 0 fully saturated rings. The third kappa shape index (κ3) is 3.08. The fraction of sp³-hybridized carbons (Fsp3) is 0.316. The van der Waals surface area contributed by atoms with Crippen LogP contribution in [0.5, 0.6) is 6.01 Å². The zero-order valence-corrected chi connectivity index (χ0v) is 16.1. The molecule has 1 aromatic carbocycles. The molecule has 0 saturated heterocycles. The summed E-state index contributed by atoms with van der Waals surface area (Å²) in [6.45, 7) is 0.554. The molecule has 0 spiro atoms. The maximum atomic E-state index is 12.0. The van der Waals surface area contributed by atoms with Crippen LogP contribution in [0.25, 0.3) is 16.7 Å². The number of carbonyl (C=O) groups excluding carboxylic acids is 1. The van der Waals surface area contributed by atoms with E-state index < -0.39 is 6.61 Å². The van der Waals surface area contributed by atoms with Crippen LogP contribution in [0, 0.1) is 0 Å². The summed E-state index contributed by atoms with van der Waals surface area (Å²) in [5.74, 6) is -0.274. The van der Waals surface area contributed by atoms with Crippen LogP contribution in [0.4, 0.5) is 0 Å². The highest BCUT2D eigenvalue weighted by Gasteiger charge is 2.33. The molecule has 1 amide bonds. The fourth-order valence-corrected chi connectivity index (χ4v) is 4.20. The maximum Gasteiger partial charge on any atom is 0.316 e. The van der Waals surface area contributed by atoms with E-state index in [1.807, 2.05) is 6.07 Å². The lowest BCUT2D eigenvalue weighted by Gasteiger charge is -2.28. The molecule has 0 atom stereocenters. The van der Waals surface area contributed by atoms with Crippen molar-refractivity contribution in [3.05, 3.63) is 45.2 Å². The van der Waals surface area contributed by atoms with E-state index in [9.17, 15) is 9.90 Å². The van der Waals surface area contributed by atoms with Gasteiger partial charge in [0.15, 0.2) is 0 Å². The Labute approximate surface area is 166 Å². The zero-order chi connectivity index (χ0) is 19.1. The quantitative estimate of drug-likeness (QED) is 0.849. The van der Waals surface area contributed by atoms with Crippen LogP contribution < -0.4 is 4.74 Å². The molecule has 2 heterocycles. The molecule has 0 unspecified atom stereocenters. The van der Waals surface area contributed by atoms with E-state index in [4.69, 9.17) is 27.9 Å². The number of aliphatic hydroxyl groups excluding tert-OH is 1. The summed E-state index contributed by atoms with van der Waals surface area (Å²) in [4.78, 5) is 22.0. The van der Waals surface area contributed by atoms with Crippen molar-refractivity contribution >= 4 is 34.7 Å². The van der Waals surface area contributed by atoms with Gasteiger partial charge in [-0.25, -0.2) is 9.97 Å². The number of benzene rings is 1. The lowest BCUT2D eigenvalue weighted by molar-refractivity contribution is -0.133. The number of hydrogen-bond donors (Lipinski definition) is 1. The second-order valence-electron chi connectivity index (χ2n) is 6.51. The fourth-order valence-electron chi connectivity index (χ4n) is 3.76. The van der Waals surface area contributed by atoms with Gasteiger partial charge in [-0.1, -0.05) is 28.8 Å². The first-order valence-electron chi connectivity index (χ1n) is 8.50. The predicted octanol–water partition coefficient (Wildman–Crippen LogP) is 2.99. The van der Waals surface area contributed by atoms with Gasteiger partial charge in [-0.05, 0) is 41.2 Å². The summed E-state index contributed by atoms with van der Waals surface area (Å²) in [6, 6.07) is 2.10. The number of amides is 1. The smallest absolute Gasteiger partial charge is 0.316 e. The highest BCUT2D eigenvalue weighted by Crippen LogP contribution is 2.47. The van der Waals surface area contributed by atoms with Crippen molar-refractivity contribution < 1.29 is 14.6 Å². The number of halogens is 2. The van der Waals surface area contributed by atoms with Gasteiger partial charge >= 0.3 is 6.01 Å². The molecule has 2 aliphatic rings. The molecular weight excluding hydrogens is 389 g/mol. The van der Waals surface area contributed by atoms with E-state index in [1.54, 1.807) is 17.3 Å². The Bertz CT molecular complexity index is 958. The number of methoxy groups -OCH3 is 1. The van der Waals surface area contributed by atoms with Crippen molar-refractivity contribution in [3.63, 3.8) is 0 Å². The number of carbonyl (C=O) groups is 1. The molecule has 6 nitrogen and oxygen atoms in total. The molecule has 0 radical (unpaired) electrons. The van der Waals surface area contributed by atoms with Gasteiger partial charge in [0.25, 0.3) is 0 Å². The minimum absolute atomic E-state index is 0.274. The highest BCUT2D eigenvalue weighted by atomic mass is 35.5. The number of rotatable bonds is 3. The normalized spacial score (nSPS) is 15.6. The van der Waals surface area contributed by atoms with E-state index in [-0.39, 0.29) is 11.9 Å². The van der Waals surface area contributed by atoms with Crippen molar-refractivity contribution in [2.24, 2.45) is 0 Å². The van der Waals surface area contributed by atoms with Crippen molar-refractivity contribution in [2.75, 3.05) is 26.8 Å². The van der Waals surface area contributed by atoms with Crippen molar-refractivity contribution in [3.8, 4) is 17.1 Å². The minimum Gasteiger partial charge on any atom is -0.467 e. The summed E-state index contributed by atoms with van der Waals surface area (Å²) in [6.07, 6.45) is 4.84. The van der Waals surface area contributed by atoms with E-state index in [1.165, 1.54) is 12.7 Å².